The van der Waals surface area contributed by atoms with Crippen LogP contribution >= 0.6 is 0 Å². The number of benzene rings is 1. The summed E-state index contributed by atoms with van der Waals surface area (Å²) in [7, 11) is 0. The van der Waals surface area contributed by atoms with E-state index < -0.39 is 5.60 Å². The number of carbonyl (C=O) groups excluding carboxylic acids is 1. The third-order valence-electron chi connectivity index (χ3n) is 2.76. The molecule has 1 fully saturated rings. The summed E-state index contributed by atoms with van der Waals surface area (Å²) in [5.41, 5.74) is 0.593. The van der Waals surface area contributed by atoms with Crippen LogP contribution < -0.4 is 5.32 Å². The van der Waals surface area contributed by atoms with Crippen molar-refractivity contribution in [2.45, 2.75) is 12.5 Å². The molecule has 1 aliphatic rings. The van der Waals surface area contributed by atoms with Crippen LogP contribution in [-0.2, 0) is 14.3 Å². The molecule has 96 valence electrons. The molecule has 1 amide bonds. The van der Waals surface area contributed by atoms with Crippen LogP contribution in [0.15, 0.2) is 36.4 Å². The Kier molecular flexibility index (Phi) is 4.12. The van der Waals surface area contributed by atoms with Crippen molar-refractivity contribution in [1.82, 2.24) is 5.32 Å². The monoisotopic (exact) mass is 247 g/mol. The number of rotatable bonds is 4. The molecule has 4 nitrogen and oxygen atoms in total. The highest BCUT2D eigenvalue weighted by Gasteiger charge is 2.30. The van der Waals surface area contributed by atoms with Gasteiger partial charge in [0.15, 0.2) is 0 Å². The Hall–Kier alpha value is -1.65. The lowest BCUT2D eigenvalue weighted by Crippen LogP contribution is -2.41. The fraction of sp³-hybridized carbons (Fsp3) is 0.357. The van der Waals surface area contributed by atoms with E-state index in [0.717, 1.165) is 5.56 Å². The zero-order chi connectivity index (χ0) is 12.8. The number of amides is 1. The van der Waals surface area contributed by atoms with Crippen LogP contribution in [0.4, 0.5) is 0 Å². The van der Waals surface area contributed by atoms with E-state index in [9.17, 15) is 4.79 Å². The summed E-state index contributed by atoms with van der Waals surface area (Å²) >= 11 is 0. The van der Waals surface area contributed by atoms with Gasteiger partial charge in [0.25, 0.3) is 0 Å². The van der Waals surface area contributed by atoms with Crippen molar-refractivity contribution in [2.24, 2.45) is 0 Å². The van der Waals surface area contributed by atoms with Gasteiger partial charge in [-0.05, 0) is 18.6 Å². The zero-order valence-corrected chi connectivity index (χ0v) is 10.4. The lowest BCUT2D eigenvalue weighted by molar-refractivity contribution is -0.117. The summed E-state index contributed by atoms with van der Waals surface area (Å²) in [6.07, 6.45) is 3.30. The first kappa shape index (κ1) is 12.8. The third kappa shape index (κ3) is 3.68. The van der Waals surface area contributed by atoms with Crippen LogP contribution in [0.1, 0.15) is 12.5 Å². The molecule has 1 atom stereocenters. The zero-order valence-electron chi connectivity index (χ0n) is 10.4. The predicted octanol–water partition coefficient (Wildman–Crippen LogP) is 1.58. The Morgan fingerprint density at radius 3 is 2.89 bits per heavy atom. The van der Waals surface area contributed by atoms with Gasteiger partial charge in [-0.2, -0.15) is 0 Å². The number of hydrogen-bond donors (Lipinski definition) is 1. The third-order valence-corrected chi connectivity index (χ3v) is 2.76. The van der Waals surface area contributed by atoms with Gasteiger partial charge in [0.1, 0.15) is 12.4 Å². The topological polar surface area (TPSA) is 47.6 Å². The van der Waals surface area contributed by atoms with E-state index in [1.54, 1.807) is 6.08 Å². The second kappa shape index (κ2) is 5.80. The minimum atomic E-state index is -0.407. The second-order valence-electron chi connectivity index (χ2n) is 4.52. The molecule has 1 aromatic carbocycles. The van der Waals surface area contributed by atoms with E-state index >= 15 is 0 Å². The molecule has 1 saturated heterocycles. The Labute approximate surface area is 107 Å². The number of nitrogens with one attached hydrogen (secondary N) is 1. The Balaban J connectivity index is 1.80. The lowest BCUT2D eigenvalue weighted by Gasteiger charge is -2.20. The molecule has 1 heterocycles. The lowest BCUT2D eigenvalue weighted by atomic mass is 10.1. The highest BCUT2D eigenvalue weighted by molar-refractivity contribution is 5.91. The molecular weight excluding hydrogens is 230 g/mol. The molecule has 0 spiro atoms. The average Bonchev–Trinajstić information content (AvgIpc) is 2.83. The smallest absolute Gasteiger partial charge is 0.244 e. The van der Waals surface area contributed by atoms with Gasteiger partial charge in [-0.3, -0.25) is 4.79 Å². The summed E-state index contributed by atoms with van der Waals surface area (Å²) < 4.78 is 10.5. The van der Waals surface area contributed by atoms with E-state index in [1.807, 2.05) is 37.3 Å². The molecule has 2 rings (SSSR count). The van der Waals surface area contributed by atoms with Gasteiger partial charge in [0.2, 0.25) is 5.91 Å². The maximum Gasteiger partial charge on any atom is 0.244 e. The largest absolute Gasteiger partial charge is 0.352 e. The first-order chi connectivity index (χ1) is 8.68. The molecule has 0 saturated carbocycles. The van der Waals surface area contributed by atoms with Gasteiger partial charge in [-0.1, -0.05) is 30.3 Å². The first-order valence-electron chi connectivity index (χ1n) is 5.91. The molecular formula is C14H17NO3. The minimum Gasteiger partial charge on any atom is -0.352 e. The SMILES string of the molecule is CC1(CNC(=O)/C=C/c2ccccc2)COCO1. The summed E-state index contributed by atoms with van der Waals surface area (Å²) in [4.78, 5) is 11.6. The maximum atomic E-state index is 11.6. The molecule has 18 heavy (non-hydrogen) atoms. The highest BCUT2D eigenvalue weighted by atomic mass is 16.7. The van der Waals surface area contributed by atoms with Gasteiger partial charge in [0.05, 0.1) is 6.61 Å². The van der Waals surface area contributed by atoms with Crippen LogP contribution in [0.25, 0.3) is 6.08 Å². The second-order valence-corrected chi connectivity index (χ2v) is 4.52. The van der Waals surface area contributed by atoms with Crippen molar-refractivity contribution < 1.29 is 14.3 Å². The van der Waals surface area contributed by atoms with Gasteiger partial charge in [-0.15, -0.1) is 0 Å². The molecule has 1 N–H and O–H groups in total. The van der Waals surface area contributed by atoms with Crippen LogP contribution in [0.3, 0.4) is 0 Å². The molecule has 0 aromatic heterocycles. The van der Waals surface area contributed by atoms with Gasteiger partial charge in [0, 0.05) is 12.6 Å². The maximum absolute atomic E-state index is 11.6. The van der Waals surface area contributed by atoms with Crippen LogP contribution in [0.5, 0.6) is 0 Å². The van der Waals surface area contributed by atoms with Gasteiger partial charge < -0.3 is 14.8 Å². The van der Waals surface area contributed by atoms with Crippen molar-refractivity contribution >= 4 is 12.0 Å². The predicted molar refractivity (Wildman–Crippen MR) is 68.8 cm³/mol. The molecule has 0 radical (unpaired) electrons. The normalized spacial score (nSPS) is 23.4. The molecule has 1 aromatic rings. The Morgan fingerprint density at radius 1 is 1.44 bits per heavy atom. The average molecular weight is 247 g/mol. The molecule has 1 aliphatic heterocycles. The Bertz CT molecular complexity index is 422. The van der Waals surface area contributed by atoms with Crippen molar-refractivity contribution in [3.8, 4) is 0 Å². The van der Waals surface area contributed by atoms with Gasteiger partial charge in [-0.25, -0.2) is 0 Å². The number of hydrogen-bond acceptors (Lipinski definition) is 3. The van der Waals surface area contributed by atoms with Crippen LogP contribution in [0, 0.1) is 0 Å². The fourth-order valence-corrected chi connectivity index (χ4v) is 1.65. The van der Waals surface area contributed by atoms with Crippen molar-refractivity contribution in [1.29, 1.82) is 0 Å². The number of carbonyl (C=O) groups is 1. The summed E-state index contributed by atoms with van der Waals surface area (Å²) in [6, 6.07) is 9.69. The summed E-state index contributed by atoms with van der Waals surface area (Å²) in [6.45, 7) is 3.17. The van der Waals surface area contributed by atoms with Gasteiger partial charge >= 0.3 is 0 Å². The molecule has 0 bridgehead atoms. The number of ether oxygens (including phenoxy) is 2. The standard InChI is InChI=1S/C14H17NO3/c1-14(10-17-11-18-14)9-15-13(16)8-7-12-5-3-2-4-6-12/h2-8H,9-11H2,1H3,(H,15,16)/b8-7+. The van der Waals surface area contributed by atoms with Crippen LogP contribution in [0.2, 0.25) is 0 Å². The van der Waals surface area contributed by atoms with Crippen molar-refractivity contribution in [2.75, 3.05) is 19.9 Å². The fourth-order valence-electron chi connectivity index (χ4n) is 1.65. The Morgan fingerprint density at radius 2 is 2.22 bits per heavy atom. The quantitative estimate of drug-likeness (QED) is 0.822. The van der Waals surface area contributed by atoms with E-state index in [2.05, 4.69) is 5.32 Å². The van der Waals surface area contributed by atoms with Crippen molar-refractivity contribution in [3.05, 3.63) is 42.0 Å². The molecule has 0 aliphatic carbocycles. The van der Waals surface area contributed by atoms with E-state index in [1.165, 1.54) is 6.08 Å². The summed E-state index contributed by atoms with van der Waals surface area (Å²) in [5.74, 6) is -0.129. The highest BCUT2D eigenvalue weighted by Crippen LogP contribution is 2.16. The van der Waals surface area contributed by atoms with E-state index in [4.69, 9.17) is 9.47 Å². The minimum absolute atomic E-state index is 0.129. The van der Waals surface area contributed by atoms with Crippen molar-refractivity contribution in [3.63, 3.8) is 0 Å². The van der Waals surface area contributed by atoms with E-state index in [0.29, 0.717) is 19.9 Å². The first-order valence-corrected chi connectivity index (χ1v) is 5.91. The van der Waals surface area contributed by atoms with E-state index in [-0.39, 0.29) is 5.91 Å². The molecule has 4 heteroatoms. The summed E-state index contributed by atoms with van der Waals surface area (Å²) in [5, 5.41) is 2.80. The van der Waals surface area contributed by atoms with Crippen LogP contribution in [-0.4, -0.2) is 31.5 Å². The molecule has 1 unspecified atom stereocenters.